The first-order valence-electron chi connectivity index (χ1n) is 15.1. The van der Waals surface area contributed by atoms with Crippen molar-refractivity contribution in [2.24, 2.45) is 28.6 Å². The van der Waals surface area contributed by atoms with E-state index in [1.807, 2.05) is 13.8 Å². The lowest BCUT2D eigenvalue weighted by Crippen LogP contribution is -2.78. The van der Waals surface area contributed by atoms with Crippen molar-refractivity contribution in [2.75, 3.05) is 6.61 Å². The van der Waals surface area contributed by atoms with Crippen LogP contribution >= 0.6 is 0 Å². The number of carbonyl (C=O) groups is 3. The van der Waals surface area contributed by atoms with Gasteiger partial charge in [0, 0.05) is 37.0 Å². The average molecular weight is 600 g/mol. The molecule has 0 aromatic heterocycles. The van der Waals surface area contributed by atoms with E-state index in [9.17, 15) is 34.8 Å². The highest BCUT2D eigenvalue weighted by Crippen LogP contribution is 2.65. The zero-order chi connectivity index (χ0) is 31.9. The molecule has 5 rings (SSSR count). The SMILES string of the molecule is CC(=O)NC(c1ccccc1)C(O)C(=O)OC1CC2(O)[C@@H](C)C3C4(O)COC4CC(O)[C@@]3(C)C(=O)[C@H](C)C(=C1C)C2(C)C. The van der Waals surface area contributed by atoms with Gasteiger partial charge in [0.1, 0.15) is 17.5 Å². The maximum absolute atomic E-state index is 14.4. The number of hydrogen-bond donors (Lipinski definition) is 5. The van der Waals surface area contributed by atoms with E-state index in [0.717, 1.165) is 0 Å². The van der Waals surface area contributed by atoms with Crippen molar-refractivity contribution >= 4 is 17.7 Å². The van der Waals surface area contributed by atoms with Crippen molar-refractivity contribution in [3.63, 3.8) is 0 Å². The molecule has 10 nitrogen and oxygen atoms in total. The van der Waals surface area contributed by atoms with Gasteiger partial charge in [-0.3, -0.25) is 9.59 Å². The van der Waals surface area contributed by atoms with Crippen molar-refractivity contribution in [1.82, 2.24) is 5.32 Å². The number of ether oxygens (including phenoxy) is 2. The topological polar surface area (TPSA) is 163 Å². The van der Waals surface area contributed by atoms with Gasteiger partial charge in [-0.15, -0.1) is 0 Å². The van der Waals surface area contributed by atoms with Crippen molar-refractivity contribution in [3.8, 4) is 0 Å². The van der Waals surface area contributed by atoms with E-state index in [1.54, 1.807) is 58.0 Å². The van der Waals surface area contributed by atoms with Crippen LogP contribution in [-0.2, 0) is 23.9 Å². The maximum atomic E-state index is 14.4. The van der Waals surface area contributed by atoms with Gasteiger partial charge in [0.05, 0.1) is 35.9 Å². The Hall–Kier alpha value is -2.63. The number of Topliss-reactive ketones (excluding diaryl/α,β-unsaturated/α-hetero) is 1. The molecule has 3 aliphatic carbocycles. The van der Waals surface area contributed by atoms with Crippen LogP contribution in [0.15, 0.2) is 41.5 Å². The minimum absolute atomic E-state index is 0.0104. The molecule has 8 unspecified atom stereocenters. The van der Waals surface area contributed by atoms with Gasteiger partial charge >= 0.3 is 5.97 Å². The Kier molecular flexibility index (Phi) is 7.75. The van der Waals surface area contributed by atoms with Crippen LogP contribution in [-0.4, -0.2) is 80.3 Å². The van der Waals surface area contributed by atoms with E-state index in [0.29, 0.717) is 16.7 Å². The smallest absolute Gasteiger partial charge is 0.338 e. The zero-order valence-corrected chi connectivity index (χ0v) is 26.0. The third-order valence-corrected chi connectivity index (χ3v) is 11.5. The van der Waals surface area contributed by atoms with Gasteiger partial charge < -0.3 is 35.2 Å². The lowest BCUT2D eigenvalue weighted by molar-refractivity contribution is -0.335. The second kappa shape index (κ2) is 10.5. The Morgan fingerprint density at radius 3 is 2.30 bits per heavy atom. The first-order valence-corrected chi connectivity index (χ1v) is 15.1. The number of ketones is 1. The van der Waals surface area contributed by atoms with Gasteiger partial charge in [-0.2, -0.15) is 0 Å². The number of aliphatic hydroxyl groups excluding tert-OH is 2. The maximum Gasteiger partial charge on any atom is 0.338 e. The van der Waals surface area contributed by atoms with Gasteiger partial charge in [-0.1, -0.05) is 58.0 Å². The number of amides is 1. The zero-order valence-electron chi connectivity index (χ0n) is 26.0. The van der Waals surface area contributed by atoms with Gasteiger partial charge in [-0.25, -0.2) is 4.79 Å². The largest absolute Gasteiger partial charge is 0.456 e. The van der Waals surface area contributed by atoms with Crippen LogP contribution in [0.2, 0.25) is 0 Å². The fourth-order valence-corrected chi connectivity index (χ4v) is 9.18. The molecular weight excluding hydrogens is 554 g/mol. The fraction of sp³-hybridized carbons (Fsp3) is 0.667. The Bertz CT molecular complexity index is 1340. The predicted molar refractivity (Wildman–Crippen MR) is 155 cm³/mol. The molecule has 236 valence electrons. The quantitative estimate of drug-likeness (QED) is 0.252. The van der Waals surface area contributed by atoms with E-state index in [1.165, 1.54) is 6.92 Å². The highest BCUT2D eigenvalue weighted by atomic mass is 16.6. The minimum atomic E-state index is -1.75. The molecule has 0 spiro atoms. The van der Waals surface area contributed by atoms with E-state index in [-0.39, 0.29) is 25.2 Å². The molecule has 1 heterocycles. The number of fused-ring (bicyclic) bond motifs is 5. The Morgan fingerprint density at radius 2 is 1.74 bits per heavy atom. The number of hydrogen-bond acceptors (Lipinski definition) is 9. The summed E-state index contributed by atoms with van der Waals surface area (Å²) in [6.07, 6.45) is -4.44. The van der Waals surface area contributed by atoms with Gasteiger partial charge in [0.25, 0.3) is 0 Å². The molecule has 3 fully saturated rings. The van der Waals surface area contributed by atoms with E-state index in [4.69, 9.17) is 9.47 Å². The highest BCUT2D eigenvalue weighted by molar-refractivity contribution is 5.91. The molecular formula is C33H45NO9. The number of aliphatic hydroxyl groups is 4. The molecule has 43 heavy (non-hydrogen) atoms. The lowest BCUT2D eigenvalue weighted by Gasteiger charge is -2.67. The van der Waals surface area contributed by atoms with Crippen molar-refractivity contribution in [1.29, 1.82) is 0 Å². The molecule has 0 radical (unpaired) electrons. The summed E-state index contributed by atoms with van der Waals surface area (Å²) in [5, 5.41) is 49.8. The minimum Gasteiger partial charge on any atom is -0.456 e. The normalized spacial score (nSPS) is 41.4. The first-order chi connectivity index (χ1) is 19.9. The summed E-state index contributed by atoms with van der Waals surface area (Å²) in [6, 6.07) is 7.52. The third kappa shape index (κ3) is 4.43. The third-order valence-electron chi connectivity index (χ3n) is 11.5. The fourth-order valence-electron chi connectivity index (χ4n) is 9.18. The Morgan fingerprint density at radius 1 is 1.12 bits per heavy atom. The number of carbonyl (C=O) groups excluding carboxylic acids is 3. The van der Waals surface area contributed by atoms with Crippen LogP contribution in [0.25, 0.3) is 0 Å². The summed E-state index contributed by atoms with van der Waals surface area (Å²) in [4.78, 5) is 39.9. The summed E-state index contributed by atoms with van der Waals surface area (Å²) in [6.45, 7) is 12.0. The van der Waals surface area contributed by atoms with Gasteiger partial charge in [0.15, 0.2) is 6.10 Å². The van der Waals surface area contributed by atoms with Gasteiger partial charge in [-0.05, 0) is 36.5 Å². The molecule has 2 bridgehead atoms. The van der Waals surface area contributed by atoms with E-state index < -0.39 is 82.1 Å². The van der Waals surface area contributed by atoms with Crippen molar-refractivity contribution in [2.45, 2.75) is 103 Å². The summed E-state index contributed by atoms with van der Waals surface area (Å²) in [7, 11) is 0. The summed E-state index contributed by atoms with van der Waals surface area (Å²) >= 11 is 0. The number of benzene rings is 1. The molecule has 2 saturated carbocycles. The van der Waals surface area contributed by atoms with Crippen LogP contribution in [0.3, 0.4) is 0 Å². The second-order valence-electron chi connectivity index (χ2n) is 14.0. The van der Waals surface area contributed by atoms with Crippen LogP contribution in [0, 0.1) is 28.6 Å². The number of rotatable bonds is 5. The van der Waals surface area contributed by atoms with Crippen LogP contribution in [0.1, 0.15) is 72.9 Å². The highest BCUT2D eigenvalue weighted by Gasteiger charge is 2.73. The molecule has 4 aliphatic rings. The molecule has 11 atom stereocenters. The first kappa shape index (κ1) is 31.8. The second-order valence-corrected chi connectivity index (χ2v) is 14.0. The average Bonchev–Trinajstić information content (AvgIpc) is 2.94. The summed E-state index contributed by atoms with van der Waals surface area (Å²) < 4.78 is 11.6. The lowest BCUT2D eigenvalue weighted by atomic mass is 9.42. The molecule has 10 heteroatoms. The Balaban J connectivity index is 1.57. The van der Waals surface area contributed by atoms with E-state index >= 15 is 0 Å². The molecule has 1 aromatic carbocycles. The predicted octanol–water partition coefficient (Wildman–Crippen LogP) is 1.99. The van der Waals surface area contributed by atoms with Crippen molar-refractivity contribution in [3.05, 3.63) is 47.0 Å². The number of esters is 1. The monoisotopic (exact) mass is 599 g/mol. The molecule has 1 aliphatic heterocycles. The Labute approximate surface area is 252 Å². The molecule has 1 saturated heterocycles. The molecule has 1 aromatic rings. The van der Waals surface area contributed by atoms with Crippen LogP contribution in [0.5, 0.6) is 0 Å². The van der Waals surface area contributed by atoms with Crippen LogP contribution in [0.4, 0.5) is 0 Å². The number of nitrogens with one attached hydrogen (secondary N) is 1. The van der Waals surface area contributed by atoms with Crippen LogP contribution < -0.4 is 5.32 Å². The summed E-state index contributed by atoms with van der Waals surface area (Å²) in [5.41, 5.74) is -3.64. The standard InChI is InChI=1S/C33H45NO9/c1-16-21(43-29(39)26(37)25(34-19(4)35)20-11-9-8-10-12-20)14-33(41)18(3)27-31(7,22(36)13-23-32(27,40)15-42-23)28(38)17(2)24(16)30(33,5)6/h8-12,17-18,21-23,25-27,36-37,40-41H,13-15H2,1-7H3,(H,34,35)/t17-,18+,21?,22?,23?,25?,26?,27?,31-,32?,33?/m1/s1. The van der Waals surface area contributed by atoms with E-state index in [2.05, 4.69) is 5.32 Å². The summed E-state index contributed by atoms with van der Waals surface area (Å²) in [5.74, 6) is -4.03. The molecule has 5 N–H and O–H groups in total. The van der Waals surface area contributed by atoms with Crippen molar-refractivity contribution < 1.29 is 44.3 Å². The molecule has 1 amide bonds. The van der Waals surface area contributed by atoms with Gasteiger partial charge in [0.2, 0.25) is 5.91 Å².